The van der Waals surface area contributed by atoms with Crippen molar-refractivity contribution < 1.29 is 0 Å². The fraction of sp³-hybridized carbons (Fsp3) is 0.0526. The molecule has 3 heteroatoms. The summed E-state index contributed by atoms with van der Waals surface area (Å²) < 4.78 is 2.17. The Balaban J connectivity index is 2.07. The van der Waals surface area contributed by atoms with Crippen LogP contribution in [0.5, 0.6) is 0 Å². The second-order valence-corrected chi connectivity index (χ2v) is 6.72. The summed E-state index contributed by atoms with van der Waals surface area (Å²) >= 11 is 7.21. The molecule has 0 fully saturated rings. The Kier molecular flexibility index (Phi) is 4.65. The first-order valence-electron chi connectivity index (χ1n) is 7.03. The molecule has 3 aromatic rings. The highest BCUT2D eigenvalue weighted by atomic mass is 79.9. The SMILES string of the molecule is Cc1c(-c2ccccc2Nc2ccccc2)ccc(Br)c1Br. The first-order chi connectivity index (χ1) is 10.7. The summed E-state index contributed by atoms with van der Waals surface area (Å²) in [4.78, 5) is 0. The number of halogens is 2. The fourth-order valence-corrected chi connectivity index (χ4v) is 3.22. The molecule has 0 bridgehead atoms. The van der Waals surface area contributed by atoms with Crippen molar-refractivity contribution in [3.63, 3.8) is 0 Å². The Bertz CT molecular complexity index is 798. The van der Waals surface area contributed by atoms with Crippen molar-refractivity contribution in [2.75, 3.05) is 5.32 Å². The molecule has 0 aliphatic heterocycles. The Morgan fingerprint density at radius 2 is 1.41 bits per heavy atom. The number of hydrogen-bond acceptors (Lipinski definition) is 1. The number of rotatable bonds is 3. The van der Waals surface area contributed by atoms with Crippen LogP contribution in [-0.4, -0.2) is 0 Å². The van der Waals surface area contributed by atoms with E-state index < -0.39 is 0 Å². The molecule has 0 heterocycles. The van der Waals surface area contributed by atoms with E-state index in [0.717, 1.165) is 20.3 Å². The molecule has 110 valence electrons. The molecule has 0 radical (unpaired) electrons. The topological polar surface area (TPSA) is 12.0 Å². The van der Waals surface area contributed by atoms with Crippen LogP contribution < -0.4 is 5.32 Å². The molecule has 0 aliphatic carbocycles. The molecule has 0 aromatic heterocycles. The fourth-order valence-electron chi connectivity index (χ4n) is 2.45. The van der Waals surface area contributed by atoms with Gasteiger partial charge in [-0.25, -0.2) is 0 Å². The van der Waals surface area contributed by atoms with Crippen molar-refractivity contribution in [1.29, 1.82) is 0 Å². The molecule has 0 saturated heterocycles. The van der Waals surface area contributed by atoms with Crippen LogP contribution in [0.4, 0.5) is 11.4 Å². The average molecular weight is 417 g/mol. The first-order valence-corrected chi connectivity index (χ1v) is 8.61. The van der Waals surface area contributed by atoms with Gasteiger partial charge in [0, 0.05) is 25.9 Å². The van der Waals surface area contributed by atoms with E-state index in [9.17, 15) is 0 Å². The Morgan fingerprint density at radius 1 is 0.727 bits per heavy atom. The standard InChI is InChI=1S/C19H15Br2N/c1-13-15(11-12-17(20)19(13)21)16-9-5-6-10-18(16)22-14-7-3-2-4-8-14/h2-12,22H,1H3. The number of anilines is 2. The number of benzene rings is 3. The molecular weight excluding hydrogens is 402 g/mol. The van der Waals surface area contributed by atoms with Crippen molar-refractivity contribution in [3.8, 4) is 11.1 Å². The van der Waals surface area contributed by atoms with Gasteiger partial charge in [-0.15, -0.1) is 0 Å². The van der Waals surface area contributed by atoms with E-state index in [1.54, 1.807) is 0 Å². The third-order valence-corrected chi connectivity index (χ3v) is 5.82. The maximum absolute atomic E-state index is 3.65. The normalized spacial score (nSPS) is 10.5. The van der Waals surface area contributed by atoms with E-state index in [-0.39, 0.29) is 0 Å². The largest absolute Gasteiger partial charge is 0.355 e. The van der Waals surface area contributed by atoms with Gasteiger partial charge in [-0.2, -0.15) is 0 Å². The number of nitrogens with one attached hydrogen (secondary N) is 1. The van der Waals surface area contributed by atoms with Crippen molar-refractivity contribution in [1.82, 2.24) is 0 Å². The predicted octanol–water partition coefficient (Wildman–Crippen LogP) is 6.93. The van der Waals surface area contributed by atoms with Crippen LogP contribution >= 0.6 is 31.9 Å². The third-order valence-electron chi connectivity index (χ3n) is 3.61. The first kappa shape index (κ1) is 15.3. The van der Waals surface area contributed by atoms with Gasteiger partial charge in [0.25, 0.3) is 0 Å². The lowest BCUT2D eigenvalue weighted by atomic mass is 9.99. The highest BCUT2D eigenvalue weighted by Gasteiger charge is 2.11. The molecule has 22 heavy (non-hydrogen) atoms. The van der Waals surface area contributed by atoms with Gasteiger partial charge in [0.1, 0.15) is 0 Å². The van der Waals surface area contributed by atoms with Crippen molar-refractivity contribution in [2.45, 2.75) is 6.92 Å². The van der Waals surface area contributed by atoms with E-state index >= 15 is 0 Å². The van der Waals surface area contributed by atoms with Crippen molar-refractivity contribution in [3.05, 3.63) is 81.2 Å². The van der Waals surface area contributed by atoms with Gasteiger partial charge in [0.15, 0.2) is 0 Å². The number of hydrogen-bond donors (Lipinski definition) is 1. The highest BCUT2D eigenvalue weighted by molar-refractivity contribution is 9.13. The van der Waals surface area contributed by atoms with Gasteiger partial charge in [-0.05, 0) is 74.2 Å². The molecule has 0 unspecified atom stereocenters. The molecule has 3 rings (SSSR count). The third kappa shape index (κ3) is 3.11. The quantitative estimate of drug-likeness (QED) is 0.487. The van der Waals surface area contributed by atoms with E-state index in [2.05, 4.69) is 92.6 Å². The Labute approximate surface area is 147 Å². The van der Waals surface area contributed by atoms with E-state index in [1.165, 1.54) is 16.7 Å². The minimum absolute atomic E-state index is 1.07. The van der Waals surface area contributed by atoms with Crippen LogP contribution in [0.15, 0.2) is 75.7 Å². The monoisotopic (exact) mass is 415 g/mol. The smallest absolute Gasteiger partial charge is 0.0464 e. The van der Waals surface area contributed by atoms with Gasteiger partial charge in [0.2, 0.25) is 0 Å². The van der Waals surface area contributed by atoms with Gasteiger partial charge in [0.05, 0.1) is 0 Å². The molecule has 3 aromatic carbocycles. The van der Waals surface area contributed by atoms with Crippen LogP contribution in [0.1, 0.15) is 5.56 Å². The summed E-state index contributed by atoms with van der Waals surface area (Å²) in [5.41, 5.74) is 5.82. The van der Waals surface area contributed by atoms with Crippen molar-refractivity contribution >= 4 is 43.2 Å². The Morgan fingerprint density at radius 3 is 2.18 bits per heavy atom. The predicted molar refractivity (Wildman–Crippen MR) is 102 cm³/mol. The van der Waals surface area contributed by atoms with Gasteiger partial charge in [-0.1, -0.05) is 42.5 Å². The summed E-state index contributed by atoms with van der Waals surface area (Å²) in [6, 6.07) is 22.8. The summed E-state index contributed by atoms with van der Waals surface area (Å²) in [7, 11) is 0. The molecule has 0 aliphatic rings. The van der Waals surface area contributed by atoms with Gasteiger partial charge < -0.3 is 5.32 Å². The minimum atomic E-state index is 1.07. The molecular formula is C19H15Br2N. The number of para-hydroxylation sites is 2. The average Bonchev–Trinajstić information content (AvgIpc) is 2.55. The lowest BCUT2D eigenvalue weighted by Gasteiger charge is -2.15. The van der Waals surface area contributed by atoms with E-state index in [1.807, 2.05) is 18.2 Å². The zero-order valence-corrected chi connectivity index (χ0v) is 15.3. The Hall–Kier alpha value is -1.58. The summed E-state index contributed by atoms with van der Waals surface area (Å²) in [5.74, 6) is 0. The highest BCUT2D eigenvalue weighted by Crippen LogP contribution is 2.37. The van der Waals surface area contributed by atoms with Crippen LogP contribution in [0.2, 0.25) is 0 Å². The lowest BCUT2D eigenvalue weighted by Crippen LogP contribution is -1.94. The molecule has 1 nitrogen and oxygen atoms in total. The van der Waals surface area contributed by atoms with Gasteiger partial charge >= 0.3 is 0 Å². The van der Waals surface area contributed by atoms with Crippen LogP contribution in [0.3, 0.4) is 0 Å². The molecule has 1 N–H and O–H groups in total. The summed E-state index contributed by atoms with van der Waals surface area (Å²) in [6.45, 7) is 2.13. The maximum atomic E-state index is 3.65. The molecule has 0 amide bonds. The maximum Gasteiger partial charge on any atom is 0.0464 e. The minimum Gasteiger partial charge on any atom is -0.355 e. The lowest BCUT2D eigenvalue weighted by molar-refractivity contribution is 1.40. The summed E-state index contributed by atoms with van der Waals surface area (Å²) in [5, 5.41) is 3.51. The van der Waals surface area contributed by atoms with Crippen molar-refractivity contribution in [2.24, 2.45) is 0 Å². The zero-order chi connectivity index (χ0) is 15.5. The second kappa shape index (κ2) is 6.67. The summed E-state index contributed by atoms with van der Waals surface area (Å²) in [6.07, 6.45) is 0. The van der Waals surface area contributed by atoms with Crippen LogP contribution in [0, 0.1) is 6.92 Å². The molecule has 0 saturated carbocycles. The second-order valence-electron chi connectivity index (χ2n) is 5.07. The molecule has 0 spiro atoms. The van der Waals surface area contributed by atoms with Crippen LogP contribution in [-0.2, 0) is 0 Å². The van der Waals surface area contributed by atoms with E-state index in [0.29, 0.717) is 0 Å². The van der Waals surface area contributed by atoms with E-state index in [4.69, 9.17) is 0 Å². The van der Waals surface area contributed by atoms with Gasteiger partial charge in [-0.3, -0.25) is 0 Å². The molecule has 0 atom stereocenters. The zero-order valence-electron chi connectivity index (χ0n) is 12.1. The van der Waals surface area contributed by atoms with Crippen LogP contribution in [0.25, 0.3) is 11.1 Å².